The van der Waals surface area contributed by atoms with E-state index in [1.807, 2.05) is 0 Å². The third-order valence-electron chi connectivity index (χ3n) is 0.913. The molecule has 1 N–H and O–H groups in total. The van der Waals surface area contributed by atoms with Crippen LogP contribution in [0.2, 0.25) is 0 Å². The van der Waals surface area contributed by atoms with Gasteiger partial charge >= 0.3 is 5.97 Å². The van der Waals surface area contributed by atoms with Crippen molar-refractivity contribution in [3.63, 3.8) is 0 Å². The van der Waals surface area contributed by atoms with Gasteiger partial charge in [-0.1, -0.05) is 6.92 Å². The predicted octanol–water partition coefficient (Wildman–Crippen LogP) is 0.702. The lowest BCUT2D eigenvalue weighted by Gasteiger charge is -2.01. The lowest BCUT2D eigenvalue weighted by Crippen LogP contribution is -2.08. The van der Waals surface area contributed by atoms with Crippen molar-refractivity contribution in [1.82, 2.24) is 0 Å². The number of hydrogen-bond donors (Lipinski definition) is 1. The molecule has 0 saturated heterocycles. The summed E-state index contributed by atoms with van der Waals surface area (Å²) in [6.07, 6.45) is 0.167. The number of aliphatic hydroxyl groups excluding tert-OH is 1. The molecule has 0 aliphatic heterocycles. The summed E-state index contributed by atoms with van der Waals surface area (Å²) < 4.78 is 3.84. The smallest absolute Gasteiger partial charge is 0.325 e. The number of hydrogen-bond acceptors (Lipinski definition) is 3. The van der Waals surface area contributed by atoms with Crippen LogP contribution < -0.4 is 0 Å². The molecule has 0 aromatic heterocycles. The van der Waals surface area contributed by atoms with Gasteiger partial charge in [-0.3, -0.25) is 4.79 Å². The molecule has 0 aliphatic rings. The molecule has 0 aromatic rings. The fourth-order valence-electron chi connectivity index (χ4n) is 0.381. The van der Waals surface area contributed by atoms with E-state index in [0.29, 0.717) is 0 Å². The van der Waals surface area contributed by atoms with Crippen LogP contribution in [-0.2, 0) is 9.08 Å². The molecule has 1 atom stereocenters. The first-order chi connectivity index (χ1) is 4.20. The minimum absolute atomic E-state index is 0.0218. The van der Waals surface area contributed by atoms with Crippen molar-refractivity contribution in [1.29, 1.82) is 0 Å². The zero-order chi connectivity index (χ0) is 7.28. The molecule has 3 nitrogen and oxygen atoms in total. The molecule has 0 spiro atoms. The van der Waals surface area contributed by atoms with Crippen LogP contribution in [0.1, 0.15) is 13.3 Å². The molecule has 0 aromatic carbocycles. The highest BCUT2D eigenvalue weighted by atomic mass is 35.5. The first-order valence-corrected chi connectivity index (χ1v) is 2.93. The molecule has 0 saturated carbocycles. The largest absolute Gasteiger partial charge is 0.396 e. The second-order valence-corrected chi connectivity index (χ2v) is 2.10. The quantitative estimate of drug-likeness (QED) is 0.648. The molecule has 0 rings (SSSR count). The second-order valence-electron chi connectivity index (χ2n) is 1.94. The Labute approximate surface area is 58.7 Å². The van der Waals surface area contributed by atoms with Crippen LogP contribution in [0.15, 0.2) is 0 Å². The van der Waals surface area contributed by atoms with Gasteiger partial charge in [0.05, 0.1) is 6.42 Å². The zero-order valence-electron chi connectivity index (χ0n) is 5.13. The Morgan fingerprint density at radius 3 is 2.78 bits per heavy atom. The van der Waals surface area contributed by atoms with Crippen LogP contribution in [0.4, 0.5) is 0 Å². The van der Waals surface area contributed by atoms with Gasteiger partial charge in [-0.15, -0.1) is 0 Å². The maximum Gasteiger partial charge on any atom is 0.325 e. The van der Waals surface area contributed by atoms with Gasteiger partial charge in [-0.25, -0.2) is 0 Å². The van der Waals surface area contributed by atoms with Gasteiger partial charge in [0.25, 0.3) is 0 Å². The number of carbonyl (C=O) groups excluding carboxylic acids is 1. The maximum absolute atomic E-state index is 10.3. The molecule has 4 heteroatoms. The highest BCUT2D eigenvalue weighted by molar-refractivity contribution is 6.13. The van der Waals surface area contributed by atoms with Gasteiger partial charge in [0, 0.05) is 6.61 Å². The van der Waals surface area contributed by atoms with Gasteiger partial charge in [0.1, 0.15) is 11.9 Å². The van der Waals surface area contributed by atoms with Gasteiger partial charge in [0.2, 0.25) is 0 Å². The Bertz CT molecular complexity index is 94.2. The average molecular weight is 153 g/mol. The van der Waals surface area contributed by atoms with E-state index >= 15 is 0 Å². The van der Waals surface area contributed by atoms with Crippen LogP contribution in [0.5, 0.6) is 0 Å². The van der Waals surface area contributed by atoms with Gasteiger partial charge in [-0.05, 0) is 5.92 Å². The van der Waals surface area contributed by atoms with Crippen molar-refractivity contribution in [2.24, 2.45) is 5.92 Å². The first-order valence-electron chi connectivity index (χ1n) is 2.63. The molecule has 0 heterocycles. The van der Waals surface area contributed by atoms with E-state index in [4.69, 9.17) is 17.0 Å². The summed E-state index contributed by atoms with van der Waals surface area (Å²) in [5.41, 5.74) is 0. The Morgan fingerprint density at radius 2 is 2.44 bits per heavy atom. The summed E-state index contributed by atoms with van der Waals surface area (Å²) in [4.78, 5) is 10.3. The summed E-state index contributed by atoms with van der Waals surface area (Å²) >= 11 is 4.72. The lowest BCUT2D eigenvalue weighted by atomic mass is 10.1. The summed E-state index contributed by atoms with van der Waals surface area (Å²) in [5.74, 6) is -0.575. The van der Waals surface area contributed by atoms with Gasteiger partial charge in [0.15, 0.2) is 0 Å². The molecule has 0 fully saturated rings. The van der Waals surface area contributed by atoms with Crippen LogP contribution in [0.25, 0.3) is 0 Å². The molecule has 54 valence electrons. The number of carbonyl (C=O) groups is 1. The second kappa shape index (κ2) is 4.58. The summed E-state index contributed by atoms with van der Waals surface area (Å²) in [6, 6.07) is 0. The van der Waals surface area contributed by atoms with Crippen LogP contribution in [0.3, 0.4) is 0 Å². The van der Waals surface area contributed by atoms with Crippen molar-refractivity contribution >= 4 is 17.8 Å². The number of rotatable bonds is 3. The first kappa shape index (κ1) is 8.72. The van der Waals surface area contributed by atoms with E-state index in [-0.39, 0.29) is 18.9 Å². The lowest BCUT2D eigenvalue weighted by molar-refractivity contribution is -0.135. The molecule has 0 aliphatic carbocycles. The topological polar surface area (TPSA) is 46.5 Å². The molecule has 0 radical (unpaired) electrons. The minimum Gasteiger partial charge on any atom is -0.396 e. The molecule has 9 heavy (non-hydrogen) atoms. The molecular formula is C5H9ClO3. The highest BCUT2D eigenvalue weighted by Gasteiger charge is 2.07. The summed E-state index contributed by atoms with van der Waals surface area (Å²) in [5, 5.41) is 8.43. The molecular weight excluding hydrogens is 144 g/mol. The van der Waals surface area contributed by atoms with E-state index in [0.717, 1.165) is 0 Å². The van der Waals surface area contributed by atoms with E-state index in [1.54, 1.807) is 6.92 Å². The molecule has 0 amide bonds. The van der Waals surface area contributed by atoms with Crippen molar-refractivity contribution in [3.05, 3.63) is 0 Å². The van der Waals surface area contributed by atoms with Crippen molar-refractivity contribution < 1.29 is 14.2 Å². The zero-order valence-corrected chi connectivity index (χ0v) is 5.89. The average Bonchev–Trinajstić information content (AvgIpc) is 1.87. The standard InChI is InChI=1S/C5H9ClO3/c1-4(3-7)2-5(8)9-6/h4,7H,2-3H2,1H3. The van der Waals surface area contributed by atoms with E-state index in [1.165, 1.54) is 0 Å². The van der Waals surface area contributed by atoms with Crippen molar-refractivity contribution in [3.8, 4) is 0 Å². The normalized spacial score (nSPS) is 12.8. The highest BCUT2D eigenvalue weighted by Crippen LogP contribution is 2.01. The fourth-order valence-corrected chi connectivity index (χ4v) is 0.444. The predicted molar refractivity (Wildman–Crippen MR) is 32.8 cm³/mol. The third-order valence-corrected chi connectivity index (χ3v) is 1.08. The van der Waals surface area contributed by atoms with E-state index in [9.17, 15) is 4.79 Å². The van der Waals surface area contributed by atoms with Crippen molar-refractivity contribution in [2.45, 2.75) is 13.3 Å². The number of aliphatic hydroxyl groups is 1. The Morgan fingerprint density at radius 1 is 1.89 bits per heavy atom. The van der Waals surface area contributed by atoms with Crippen molar-refractivity contribution in [2.75, 3.05) is 6.61 Å². The maximum atomic E-state index is 10.3. The molecule has 0 bridgehead atoms. The van der Waals surface area contributed by atoms with Gasteiger partial charge in [-0.2, -0.15) is 0 Å². The fraction of sp³-hybridized carbons (Fsp3) is 0.800. The minimum atomic E-state index is -0.502. The number of halogens is 1. The summed E-state index contributed by atoms with van der Waals surface area (Å²) in [6.45, 7) is 1.71. The summed E-state index contributed by atoms with van der Waals surface area (Å²) in [7, 11) is 0. The van der Waals surface area contributed by atoms with Crippen LogP contribution >= 0.6 is 11.9 Å². The Balaban J connectivity index is 3.34. The molecule has 1 unspecified atom stereocenters. The van der Waals surface area contributed by atoms with Crippen LogP contribution in [-0.4, -0.2) is 17.7 Å². The van der Waals surface area contributed by atoms with Crippen LogP contribution in [0, 0.1) is 5.92 Å². The van der Waals surface area contributed by atoms with Gasteiger partial charge < -0.3 is 9.40 Å². The Kier molecular flexibility index (Phi) is 4.44. The SMILES string of the molecule is CC(CO)CC(=O)OCl. The Hall–Kier alpha value is -0.280. The van der Waals surface area contributed by atoms with E-state index in [2.05, 4.69) is 4.29 Å². The third kappa shape index (κ3) is 4.24. The van der Waals surface area contributed by atoms with E-state index < -0.39 is 5.97 Å². The monoisotopic (exact) mass is 152 g/mol.